The Morgan fingerprint density at radius 2 is 1.71 bits per heavy atom. The molecule has 1 aliphatic carbocycles. The molecule has 2 aliphatic rings. The van der Waals surface area contributed by atoms with Crippen molar-refractivity contribution >= 4 is 12.0 Å². The number of hydrogen-bond acceptors (Lipinski definition) is 4. The summed E-state index contributed by atoms with van der Waals surface area (Å²) in [6.07, 6.45) is 6.60. The van der Waals surface area contributed by atoms with E-state index in [4.69, 9.17) is 5.26 Å². The molecule has 1 atom stereocenters. The first kappa shape index (κ1) is 17.9. The minimum absolute atomic E-state index is 0.273. The van der Waals surface area contributed by atoms with Gasteiger partial charge in [-0.25, -0.2) is 13.8 Å². The van der Waals surface area contributed by atoms with Crippen LogP contribution in [-0.4, -0.2) is 5.96 Å². The van der Waals surface area contributed by atoms with Crippen LogP contribution in [0.2, 0.25) is 0 Å². The van der Waals surface area contributed by atoms with Crippen LogP contribution in [0.3, 0.4) is 0 Å². The molecule has 0 amide bonds. The summed E-state index contributed by atoms with van der Waals surface area (Å²) in [4.78, 5) is 4.62. The first-order chi connectivity index (χ1) is 13.6. The van der Waals surface area contributed by atoms with Crippen LogP contribution in [0.15, 0.2) is 70.4 Å². The summed E-state index contributed by atoms with van der Waals surface area (Å²) in [5, 5.41) is 14.8. The van der Waals surface area contributed by atoms with Crippen LogP contribution in [0, 0.1) is 23.1 Å². The Morgan fingerprint density at radius 3 is 2.39 bits per heavy atom. The summed E-state index contributed by atoms with van der Waals surface area (Å²) in [6, 6.07) is 12.3. The highest BCUT2D eigenvalue weighted by Crippen LogP contribution is 2.40. The smallest absolute Gasteiger partial charge is 0.210 e. The Kier molecular flexibility index (Phi) is 4.90. The number of nitrogens with zero attached hydrogens (tertiary/aromatic N) is 2. The zero-order valence-electron chi connectivity index (χ0n) is 15.0. The van der Waals surface area contributed by atoms with Gasteiger partial charge in [-0.1, -0.05) is 24.3 Å². The maximum Gasteiger partial charge on any atom is 0.210 e. The second kappa shape index (κ2) is 7.65. The van der Waals surface area contributed by atoms with E-state index in [1.54, 1.807) is 24.3 Å². The predicted octanol–water partition coefficient (Wildman–Crippen LogP) is 4.56. The predicted molar refractivity (Wildman–Crippen MR) is 104 cm³/mol. The number of benzene rings is 2. The van der Waals surface area contributed by atoms with E-state index in [-0.39, 0.29) is 17.7 Å². The summed E-state index contributed by atoms with van der Waals surface area (Å²) < 4.78 is 26.6. The highest BCUT2D eigenvalue weighted by atomic mass is 19.1. The summed E-state index contributed by atoms with van der Waals surface area (Å²) in [5.74, 6) is -0.209. The van der Waals surface area contributed by atoms with E-state index < -0.39 is 0 Å². The lowest BCUT2D eigenvalue weighted by atomic mass is 9.84. The third-order valence-electron chi connectivity index (χ3n) is 4.94. The first-order valence-corrected chi connectivity index (χ1v) is 9.09. The van der Waals surface area contributed by atoms with Crippen molar-refractivity contribution in [2.75, 3.05) is 0 Å². The molecular formula is C22H18F2N4. The van der Waals surface area contributed by atoms with Crippen LogP contribution in [0.25, 0.3) is 6.08 Å². The molecule has 1 aliphatic heterocycles. The Hall–Kier alpha value is -3.46. The van der Waals surface area contributed by atoms with Gasteiger partial charge < -0.3 is 5.32 Å². The molecule has 1 unspecified atom stereocenters. The normalized spacial score (nSPS) is 20.1. The summed E-state index contributed by atoms with van der Waals surface area (Å²) >= 11 is 0. The lowest BCUT2D eigenvalue weighted by Crippen LogP contribution is -2.39. The van der Waals surface area contributed by atoms with Gasteiger partial charge in [-0.05, 0) is 71.9 Å². The summed E-state index contributed by atoms with van der Waals surface area (Å²) in [7, 11) is 0. The van der Waals surface area contributed by atoms with E-state index in [0.717, 1.165) is 47.2 Å². The molecule has 1 heterocycles. The van der Waals surface area contributed by atoms with Gasteiger partial charge in [0.2, 0.25) is 5.96 Å². The summed E-state index contributed by atoms with van der Waals surface area (Å²) in [6.45, 7) is 0. The molecule has 0 spiro atoms. The average Bonchev–Trinajstić information content (AvgIpc) is 2.70. The van der Waals surface area contributed by atoms with Gasteiger partial charge in [-0.2, -0.15) is 5.26 Å². The van der Waals surface area contributed by atoms with Crippen molar-refractivity contribution < 1.29 is 8.78 Å². The van der Waals surface area contributed by atoms with Crippen LogP contribution >= 0.6 is 0 Å². The maximum atomic E-state index is 13.4. The van der Waals surface area contributed by atoms with Crippen LogP contribution in [0.4, 0.5) is 8.78 Å². The van der Waals surface area contributed by atoms with Gasteiger partial charge >= 0.3 is 0 Å². The fourth-order valence-electron chi connectivity index (χ4n) is 3.66. The number of allylic oxidation sites excluding steroid dienone is 1. The van der Waals surface area contributed by atoms with Crippen molar-refractivity contribution in [3.63, 3.8) is 0 Å². The number of nitrogens with one attached hydrogen (secondary N) is 2. The second-order valence-electron chi connectivity index (χ2n) is 6.77. The fourth-order valence-corrected chi connectivity index (χ4v) is 3.66. The molecule has 0 saturated heterocycles. The highest BCUT2D eigenvalue weighted by Gasteiger charge is 2.29. The Balaban J connectivity index is 1.77. The van der Waals surface area contributed by atoms with Gasteiger partial charge in [0, 0.05) is 5.70 Å². The Bertz CT molecular complexity index is 1010. The molecule has 6 heteroatoms. The van der Waals surface area contributed by atoms with Crippen molar-refractivity contribution in [3.8, 4) is 6.19 Å². The molecule has 0 bridgehead atoms. The lowest BCUT2D eigenvalue weighted by Gasteiger charge is -2.32. The number of nitriles is 1. The molecule has 28 heavy (non-hydrogen) atoms. The van der Waals surface area contributed by atoms with Crippen molar-refractivity contribution in [1.82, 2.24) is 10.6 Å². The lowest BCUT2D eigenvalue weighted by molar-refractivity contribution is 0.622. The van der Waals surface area contributed by atoms with Crippen LogP contribution in [0.5, 0.6) is 0 Å². The van der Waals surface area contributed by atoms with Crippen molar-refractivity contribution in [2.45, 2.75) is 25.3 Å². The van der Waals surface area contributed by atoms with Gasteiger partial charge in [0.1, 0.15) is 17.7 Å². The fraction of sp³-hybridized carbons (Fsp3) is 0.182. The van der Waals surface area contributed by atoms with Crippen molar-refractivity contribution in [2.24, 2.45) is 4.99 Å². The van der Waals surface area contributed by atoms with Crippen LogP contribution < -0.4 is 10.6 Å². The first-order valence-electron chi connectivity index (χ1n) is 9.09. The summed E-state index contributed by atoms with van der Waals surface area (Å²) in [5.41, 5.74) is 4.89. The van der Waals surface area contributed by atoms with Gasteiger partial charge in [-0.3, -0.25) is 5.32 Å². The Labute approximate surface area is 161 Å². The molecule has 2 aromatic carbocycles. The average molecular weight is 376 g/mol. The van der Waals surface area contributed by atoms with Gasteiger partial charge in [0.05, 0.1) is 0 Å². The third-order valence-corrected chi connectivity index (χ3v) is 4.94. The van der Waals surface area contributed by atoms with E-state index in [2.05, 4.69) is 15.6 Å². The monoisotopic (exact) mass is 376 g/mol. The Morgan fingerprint density at radius 1 is 1.04 bits per heavy atom. The molecule has 0 saturated carbocycles. The molecule has 4 nitrogen and oxygen atoms in total. The minimum atomic E-state index is -0.299. The quantitative estimate of drug-likeness (QED) is 0.597. The zero-order valence-corrected chi connectivity index (χ0v) is 15.0. The SMILES string of the molecule is N#CNC1=NC(c2ccc(F)cc2)C2=C(N1)C(=Cc1ccc(F)cc1)CCC2. The van der Waals surface area contributed by atoms with Gasteiger partial charge in [-0.15, -0.1) is 0 Å². The zero-order chi connectivity index (χ0) is 19.5. The largest absolute Gasteiger partial charge is 0.325 e. The molecule has 0 fully saturated rings. The highest BCUT2D eigenvalue weighted by molar-refractivity contribution is 5.86. The molecule has 140 valence electrons. The van der Waals surface area contributed by atoms with Gasteiger partial charge in [0.15, 0.2) is 6.19 Å². The number of rotatable bonds is 2. The molecular weight excluding hydrogens is 358 g/mol. The number of halogens is 2. The van der Waals surface area contributed by atoms with Crippen LogP contribution in [0.1, 0.15) is 36.4 Å². The molecule has 4 rings (SSSR count). The minimum Gasteiger partial charge on any atom is -0.325 e. The van der Waals surface area contributed by atoms with Gasteiger partial charge in [0.25, 0.3) is 0 Å². The molecule has 2 N–H and O–H groups in total. The maximum absolute atomic E-state index is 13.4. The second-order valence-corrected chi connectivity index (χ2v) is 6.77. The number of guanidine groups is 1. The van der Waals surface area contributed by atoms with E-state index >= 15 is 0 Å². The van der Waals surface area contributed by atoms with Crippen molar-refractivity contribution in [1.29, 1.82) is 5.26 Å². The van der Waals surface area contributed by atoms with E-state index in [0.29, 0.717) is 5.96 Å². The van der Waals surface area contributed by atoms with E-state index in [9.17, 15) is 8.78 Å². The standard InChI is InChI=1S/C22H18F2N4/c23-17-8-4-14(5-9-17)12-16-2-1-3-19-20(15-6-10-18(24)11-7-15)27-22(26-13-25)28-21(16)19/h4-12,20H,1-3H2,(H2,26,27,28). The van der Waals surface area contributed by atoms with Crippen LogP contribution in [-0.2, 0) is 0 Å². The van der Waals surface area contributed by atoms with E-state index in [1.807, 2.05) is 12.3 Å². The van der Waals surface area contributed by atoms with E-state index in [1.165, 1.54) is 24.3 Å². The topological polar surface area (TPSA) is 60.2 Å². The molecule has 0 aromatic heterocycles. The number of aliphatic imine (C=N–C) groups is 1. The third kappa shape index (κ3) is 3.65. The molecule has 2 aromatic rings. The number of hydrogen-bond donors (Lipinski definition) is 2. The van der Waals surface area contributed by atoms with Crippen molar-refractivity contribution in [3.05, 3.63) is 88.1 Å². The molecule has 0 radical (unpaired) electrons.